The van der Waals surface area contributed by atoms with E-state index in [1.807, 2.05) is 0 Å². The number of ether oxygens (including phenoxy) is 2. The van der Waals surface area contributed by atoms with Gasteiger partial charge >= 0.3 is 0 Å². The fourth-order valence-electron chi connectivity index (χ4n) is 2.23. The third kappa shape index (κ3) is 4.15. The quantitative estimate of drug-likeness (QED) is 0.781. The lowest BCUT2D eigenvalue weighted by atomic mass is 10.2. The summed E-state index contributed by atoms with van der Waals surface area (Å²) < 4.78 is 10.4. The van der Waals surface area contributed by atoms with Gasteiger partial charge in [0.25, 0.3) is 11.8 Å². The molecule has 0 saturated heterocycles. The Morgan fingerprint density at radius 1 is 0.840 bits per heavy atom. The molecule has 0 atom stereocenters. The zero-order chi connectivity index (χ0) is 17.8. The maximum Gasteiger partial charge on any atom is 0.251 e. The van der Waals surface area contributed by atoms with Crippen molar-refractivity contribution in [3.05, 3.63) is 57.6 Å². The molecular weight excluding hydrogens is 367 g/mol. The zero-order valence-corrected chi connectivity index (χ0v) is 14.5. The van der Waals surface area contributed by atoms with Crippen molar-refractivity contribution in [1.29, 1.82) is 0 Å². The monoisotopic (exact) mass is 380 g/mol. The Kier molecular flexibility index (Phi) is 5.31. The highest BCUT2D eigenvalue weighted by atomic mass is 35.5. The van der Waals surface area contributed by atoms with Gasteiger partial charge in [-0.2, -0.15) is 0 Å². The van der Waals surface area contributed by atoms with Crippen LogP contribution in [0.25, 0.3) is 0 Å². The highest BCUT2D eigenvalue weighted by Crippen LogP contribution is 2.32. The molecule has 0 aromatic heterocycles. The van der Waals surface area contributed by atoms with E-state index in [-0.39, 0.29) is 31.7 Å². The predicted molar refractivity (Wildman–Crippen MR) is 93.7 cm³/mol. The minimum absolute atomic E-state index is 0.154. The third-order valence-electron chi connectivity index (χ3n) is 3.51. The number of nitrogens with one attached hydrogen (secondary N) is 2. The maximum absolute atomic E-state index is 12.1. The van der Waals surface area contributed by atoms with E-state index in [0.717, 1.165) is 0 Å². The zero-order valence-electron chi connectivity index (χ0n) is 13.0. The van der Waals surface area contributed by atoms with Gasteiger partial charge in [-0.25, -0.2) is 0 Å². The third-order valence-corrected chi connectivity index (χ3v) is 4.25. The second-order valence-electron chi connectivity index (χ2n) is 5.21. The molecule has 0 bridgehead atoms. The Morgan fingerprint density at radius 2 is 1.44 bits per heavy atom. The normalized spacial score (nSPS) is 11.9. The summed E-state index contributed by atoms with van der Waals surface area (Å²) in [5, 5.41) is 6.11. The van der Waals surface area contributed by atoms with E-state index >= 15 is 0 Å². The van der Waals surface area contributed by atoms with Crippen LogP contribution in [0.2, 0.25) is 10.0 Å². The van der Waals surface area contributed by atoms with E-state index in [2.05, 4.69) is 10.6 Å². The number of benzene rings is 2. The van der Waals surface area contributed by atoms with E-state index in [0.29, 0.717) is 32.7 Å². The summed E-state index contributed by atoms with van der Waals surface area (Å²) in [4.78, 5) is 24.1. The average molecular weight is 381 g/mol. The Bertz CT molecular complexity index is 826. The van der Waals surface area contributed by atoms with Crippen LogP contribution in [0.4, 0.5) is 0 Å². The van der Waals surface area contributed by atoms with Crippen LogP contribution in [0.1, 0.15) is 20.7 Å². The first-order chi connectivity index (χ1) is 12.0. The van der Waals surface area contributed by atoms with Gasteiger partial charge in [-0.05, 0) is 36.4 Å². The topological polar surface area (TPSA) is 76.7 Å². The second-order valence-corrected chi connectivity index (χ2v) is 6.02. The molecule has 2 aromatic rings. The number of carbonyl (C=O) groups excluding carboxylic acids is 2. The summed E-state index contributed by atoms with van der Waals surface area (Å²) >= 11 is 11.7. The second kappa shape index (κ2) is 7.63. The largest absolute Gasteiger partial charge is 0.454 e. The SMILES string of the molecule is O=C(NCCNC(=O)c1ccc2c(c1)OCO2)c1ccc(Cl)c(Cl)c1. The van der Waals surface area contributed by atoms with Gasteiger partial charge < -0.3 is 20.1 Å². The highest BCUT2D eigenvalue weighted by Gasteiger charge is 2.16. The highest BCUT2D eigenvalue weighted by molar-refractivity contribution is 6.42. The van der Waals surface area contributed by atoms with Crippen molar-refractivity contribution in [2.24, 2.45) is 0 Å². The molecule has 0 saturated carbocycles. The number of fused-ring (bicyclic) bond motifs is 1. The predicted octanol–water partition coefficient (Wildman–Crippen LogP) is 2.88. The summed E-state index contributed by atoms with van der Waals surface area (Å²) in [6.07, 6.45) is 0. The summed E-state index contributed by atoms with van der Waals surface area (Å²) in [5.74, 6) is 0.601. The number of amides is 2. The average Bonchev–Trinajstić information content (AvgIpc) is 3.08. The first-order valence-electron chi connectivity index (χ1n) is 7.45. The van der Waals surface area contributed by atoms with E-state index in [1.165, 1.54) is 6.07 Å². The van der Waals surface area contributed by atoms with Crippen molar-refractivity contribution in [1.82, 2.24) is 10.6 Å². The van der Waals surface area contributed by atoms with Gasteiger partial charge in [0.15, 0.2) is 11.5 Å². The molecule has 2 amide bonds. The molecule has 0 unspecified atom stereocenters. The number of halogens is 2. The Labute approximate surface area is 154 Å². The molecule has 25 heavy (non-hydrogen) atoms. The lowest BCUT2D eigenvalue weighted by Crippen LogP contribution is -2.34. The van der Waals surface area contributed by atoms with Crippen LogP contribution in [0.15, 0.2) is 36.4 Å². The van der Waals surface area contributed by atoms with Crippen LogP contribution in [-0.2, 0) is 0 Å². The molecule has 1 aliphatic heterocycles. The lowest BCUT2D eigenvalue weighted by molar-refractivity contribution is 0.0927. The molecule has 2 aromatic carbocycles. The first kappa shape index (κ1) is 17.4. The molecule has 3 rings (SSSR count). The minimum atomic E-state index is -0.295. The first-order valence-corrected chi connectivity index (χ1v) is 8.21. The Morgan fingerprint density at radius 3 is 2.12 bits per heavy atom. The van der Waals surface area contributed by atoms with Gasteiger partial charge in [-0.3, -0.25) is 9.59 Å². The molecule has 2 N–H and O–H groups in total. The standard InChI is InChI=1S/C17H14Cl2N2O4/c18-12-3-1-10(7-13(12)19)16(22)20-5-6-21-17(23)11-2-4-14-15(8-11)25-9-24-14/h1-4,7-8H,5-6,9H2,(H,20,22)(H,21,23). The van der Waals surface area contributed by atoms with Gasteiger partial charge in [0.1, 0.15) is 0 Å². The van der Waals surface area contributed by atoms with E-state index in [1.54, 1.807) is 30.3 Å². The molecule has 130 valence electrons. The van der Waals surface area contributed by atoms with Crippen molar-refractivity contribution in [2.75, 3.05) is 19.9 Å². The molecule has 1 aliphatic rings. The Balaban J connectivity index is 1.47. The van der Waals surface area contributed by atoms with E-state index in [9.17, 15) is 9.59 Å². The van der Waals surface area contributed by atoms with E-state index < -0.39 is 0 Å². The Hall–Kier alpha value is -2.44. The van der Waals surface area contributed by atoms with Crippen LogP contribution in [0.3, 0.4) is 0 Å². The van der Waals surface area contributed by atoms with Crippen molar-refractivity contribution in [3.63, 3.8) is 0 Å². The van der Waals surface area contributed by atoms with Gasteiger partial charge in [-0.1, -0.05) is 23.2 Å². The summed E-state index contributed by atoms with van der Waals surface area (Å²) in [6, 6.07) is 9.58. The van der Waals surface area contributed by atoms with Crippen molar-refractivity contribution < 1.29 is 19.1 Å². The van der Waals surface area contributed by atoms with Crippen molar-refractivity contribution in [2.45, 2.75) is 0 Å². The smallest absolute Gasteiger partial charge is 0.251 e. The van der Waals surface area contributed by atoms with E-state index in [4.69, 9.17) is 32.7 Å². The maximum atomic E-state index is 12.1. The molecule has 0 fully saturated rings. The molecular formula is C17H14Cl2N2O4. The minimum Gasteiger partial charge on any atom is -0.454 e. The van der Waals surface area contributed by atoms with Crippen LogP contribution in [0.5, 0.6) is 11.5 Å². The van der Waals surface area contributed by atoms with Gasteiger partial charge in [0.05, 0.1) is 10.0 Å². The lowest BCUT2D eigenvalue weighted by Gasteiger charge is -2.08. The number of carbonyl (C=O) groups is 2. The molecule has 6 nitrogen and oxygen atoms in total. The van der Waals surface area contributed by atoms with Crippen molar-refractivity contribution >= 4 is 35.0 Å². The number of rotatable bonds is 5. The fourth-order valence-corrected chi connectivity index (χ4v) is 2.53. The van der Waals surface area contributed by atoms with Crippen LogP contribution in [0, 0.1) is 0 Å². The van der Waals surface area contributed by atoms with Gasteiger partial charge in [0.2, 0.25) is 6.79 Å². The molecule has 1 heterocycles. The summed E-state index contributed by atoms with van der Waals surface area (Å²) in [5.41, 5.74) is 0.858. The van der Waals surface area contributed by atoms with Gasteiger partial charge in [0, 0.05) is 24.2 Å². The summed E-state index contributed by atoms with van der Waals surface area (Å²) in [7, 11) is 0. The molecule has 0 spiro atoms. The van der Waals surface area contributed by atoms with Crippen LogP contribution < -0.4 is 20.1 Å². The molecule has 0 aliphatic carbocycles. The molecule has 0 radical (unpaired) electrons. The van der Waals surface area contributed by atoms with Crippen molar-refractivity contribution in [3.8, 4) is 11.5 Å². The number of hydrogen-bond acceptors (Lipinski definition) is 4. The fraction of sp³-hybridized carbons (Fsp3) is 0.176. The van der Waals surface area contributed by atoms with Gasteiger partial charge in [-0.15, -0.1) is 0 Å². The van der Waals surface area contributed by atoms with Crippen LogP contribution in [-0.4, -0.2) is 31.7 Å². The molecule has 8 heteroatoms. The number of hydrogen-bond donors (Lipinski definition) is 2. The summed E-state index contributed by atoms with van der Waals surface area (Å²) in [6.45, 7) is 0.705. The van der Waals surface area contributed by atoms with Crippen LogP contribution >= 0.6 is 23.2 Å².